The minimum Gasteiger partial charge on any atom is -0.488 e. The highest BCUT2D eigenvalue weighted by Crippen LogP contribution is 2.30. The van der Waals surface area contributed by atoms with E-state index in [-0.39, 0.29) is 18.1 Å². The van der Waals surface area contributed by atoms with Crippen LogP contribution in [0.3, 0.4) is 0 Å². The van der Waals surface area contributed by atoms with Crippen molar-refractivity contribution < 1.29 is 9.53 Å². The Bertz CT molecular complexity index is 484. The molecule has 1 aromatic carbocycles. The van der Waals surface area contributed by atoms with E-state index in [0.717, 1.165) is 18.6 Å². The Morgan fingerprint density at radius 2 is 2.00 bits per heavy atom. The van der Waals surface area contributed by atoms with Gasteiger partial charge in [0.15, 0.2) is 0 Å². The number of benzene rings is 1. The van der Waals surface area contributed by atoms with E-state index in [1.165, 1.54) is 5.56 Å². The van der Waals surface area contributed by atoms with Gasteiger partial charge in [0.05, 0.1) is 6.54 Å². The molecule has 1 saturated heterocycles. The first-order valence-electron chi connectivity index (χ1n) is 8.08. The minimum atomic E-state index is 0.107. The quantitative estimate of drug-likeness (QED) is 0.820. The lowest BCUT2D eigenvalue weighted by atomic mass is 9.97. The van der Waals surface area contributed by atoms with E-state index in [4.69, 9.17) is 4.74 Å². The van der Waals surface area contributed by atoms with Crippen molar-refractivity contribution in [2.45, 2.75) is 65.0 Å². The van der Waals surface area contributed by atoms with Crippen LogP contribution in [0.25, 0.3) is 0 Å². The van der Waals surface area contributed by atoms with Crippen molar-refractivity contribution in [3.8, 4) is 5.75 Å². The van der Waals surface area contributed by atoms with Crippen LogP contribution in [0.1, 0.15) is 58.4 Å². The van der Waals surface area contributed by atoms with E-state index in [1.807, 2.05) is 11.0 Å². The van der Waals surface area contributed by atoms with Crippen LogP contribution in [0.4, 0.5) is 0 Å². The highest BCUT2D eigenvalue weighted by molar-refractivity contribution is 5.77. The molecule has 0 spiro atoms. The highest BCUT2D eigenvalue weighted by atomic mass is 16.5. The smallest absolute Gasteiger partial charge is 0.223 e. The first kappa shape index (κ1) is 15.9. The van der Waals surface area contributed by atoms with Gasteiger partial charge in [-0.1, -0.05) is 32.0 Å². The summed E-state index contributed by atoms with van der Waals surface area (Å²) >= 11 is 0. The van der Waals surface area contributed by atoms with Crippen LogP contribution in [-0.4, -0.2) is 29.5 Å². The summed E-state index contributed by atoms with van der Waals surface area (Å²) in [5, 5.41) is 0. The number of amides is 1. The van der Waals surface area contributed by atoms with Crippen molar-refractivity contribution in [1.29, 1.82) is 0 Å². The SMILES string of the molecule is CCC(C)c1ccccc1OC1CCC(=O)N(C(C)C)C1. The summed E-state index contributed by atoms with van der Waals surface area (Å²) < 4.78 is 6.24. The number of piperidine rings is 1. The van der Waals surface area contributed by atoms with Gasteiger partial charge >= 0.3 is 0 Å². The van der Waals surface area contributed by atoms with Crippen LogP contribution >= 0.6 is 0 Å². The van der Waals surface area contributed by atoms with Gasteiger partial charge in [-0.15, -0.1) is 0 Å². The van der Waals surface area contributed by atoms with Gasteiger partial charge in [0.25, 0.3) is 0 Å². The number of para-hydroxylation sites is 1. The molecular weight excluding hydrogens is 262 g/mol. The number of carbonyl (C=O) groups excluding carboxylic acids is 1. The summed E-state index contributed by atoms with van der Waals surface area (Å²) in [4.78, 5) is 13.9. The molecule has 0 saturated carbocycles. The van der Waals surface area contributed by atoms with E-state index in [2.05, 4.69) is 45.9 Å². The fourth-order valence-electron chi connectivity index (χ4n) is 2.83. The van der Waals surface area contributed by atoms with Crippen molar-refractivity contribution in [1.82, 2.24) is 4.90 Å². The van der Waals surface area contributed by atoms with Crippen LogP contribution in [0.2, 0.25) is 0 Å². The van der Waals surface area contributed by atoms with Gasteiger partial charge in [-0.05, 0) is 44.2 Å². The zero-order valence-corrected chi connectivity index (χ0v) is 13.6. The molecule has 1 aliphatic heterocycles. The molecule has 116 valence electrons. The Morgan fingerprint density at radius 1 is 1.29 bits per heavy atom. The van der Waals surface area contributed by atoms with Crippen LogP contribution in [0, 0.1) is 0 Å². The molecule has 1 aliphatic rings. The van der Waals surface area contributed by atoms with Crippen molar-refractivity contribution in [3.05, 3.63) is 29.8 Å². The molecule has 21 heavy (non-hydrogen) atoms. The van der Waals surface area contributed by atoms with Crippen molar-refractivity contribution in [2.75, 3.05) is 6.54 Å². The number of hydrogen-bond donors (Lipinski definition) is 0. The maximum atomic E-state index is 11.9. The fraction of sp³-hybridized carbons (Fsp3) is 0.611. The van der Waals surface area contributed by atoms with E-state index in [1.54, 1.807) is 0 Å². The number of likely N-dealkylation sites (tertiary alicyclic amines) is 1. The standard InChI is InChI=1S/C18H27NO2/c1-5-14(4)16-8-6-7-9-17(16)21-15-10-11-18(20)19(12-15)13(2)3/h6-9,13-15H,5,10-12H2,1-4H3. The second-order valence-electron chi connectivity index (χ2n) is 6.27. The largest absolute Gasteiger partial charge is 0.488 e. The van der Waals surface area contributed by atoms with Crippen molar-refractivity contribution in [3.63, 3.8) is 0 Å². The number of rotatable bonds is 5. The zero-order chi connectivity index (χ0) is 15.4. The predicted molar refractivity (Wildman–Crippen MR) is 85.6 cm³/mol. The molecule has 2 unspecified atom stereocenters. The molecule has 0 bridgehead atoms. The number of ether oxygens (including phenoxy) is 1. The molecule has 1 aromatic rings. The lowest BCUT2D eigenvalue weighted by Gasteiger charge is -2.35. The Morgan fingerprint density at radius 3 is 2.67 bits per heavy atom. The molecule has 3 heteroatoms. The lowest BCUT2D eigenvalue weighted by molar-refractivity contribution is -0.138. The first-order chi connectivity index (χ1) is 10.0. The molecule has 1 amide bonds. The summed E-state index contributed by atoms with van der Waals surface area (Å²) in [5.41, 5.74) is 1.27. The molecular formula is C18H27NO2. The van der Waals surface area contributed by atoms with Crippen molar-refractivity contribution >= 4 is 5.91 Å². The Labute approximate surface area is 128 Å². The highest BCUT2D eigenvalue weighted by Gasteiger charge is 2.29. The van der Waals surface area contributed by atoms with Gasteiger partial charge in [-0.25, -0.2) is 0 Å². The van der Waals surface area contributed by atoms with Crippen molar-refractivity contribution in [2.24, 2.45) is 0 Å². The summed E-state index contributed by atoms with van der Waals surface area (Å²) in [5.74, 6) is 1.72. The number of hydrogen-bond acceptors (Lipinski definition) is 2. The fourth-order valence-corrected chi connectivity index (χ4v) is 2.83. The third-order valence-electron chi connectivity index (χ3n) is 4.38. The van der Waals surface area contributed by atoms with Crippen LogP contribution in [0.15, 0.2) is 24.3 Å². The van der Waals surface area contributed by atoms with E-state index >= 15 is 0 Å². The van der Waals surface area contributed by atoms with Gasteiger partial charge in [0.2, 0.25) is 5.91 Å². The lowest BCUT2D eigenvalue weighted by Crippen LogP contribution is -2.47. The normalized spacial score (nSPS) is 20.7. The molecule has 0 radical (unpaired) electrons. The van der Waals surface area contributed by atoms with E-state index in [0.29, 0.717) is 18.9 Å². The second kappa shape index (κ2) is 6.97. The summed E-state index contributed by atoms with van der Waals surface area (Å²) in [6, 6.07) is 8.54. The molecule has 3 nitrogen and oxygen atoms in total. The number of nitrogens with zero attached hydrogens (tertiary/aromatic N) is 1. The van der Waals surface area contributed by atoms with Gasteiger partial charge in [0, 0.05) is 12.5 Å². The third-order valence-corrected chi connectivity index (χ3v) is 4.38. The molecule has 0 aromatic heterocycles. The van der Waals surface area contributed by atoms with Crippen LogP contribution in [-0.2, 0) is 4.79 Å². The van der Waals surface area contributed by atoms with E-state index in [9.17, 15) is 4.79 Å². The molecule has 1 fully saturated rings. The van der Waals surface area contributed by atoms with Gasteiger partial charge in [0.1, 0.15) is 11.9 Å². The van der Waals surface area contributed by atoms with Gasteiger partial charge in [-0.3, -0.25) is 4.79 Å². The first-order valence-corrected chi connectivity index (χ1v) is 8.08. The monoisotopic (exact) mass is 289 g/mol. The third kappa shape index (κ3) is 3.78. The van der Waals surface area contributed by atoms with E-state index < -0.39 is 0 Å². The topological polar surface area (TPSA) is 29.5 Å². The molecule has 0 N–H and O–H groups in total. The maximum Gasteiger partial charge on any atom is 0.223 e. The van der Waals surface area contributed by atoms with Gasteiger partial charge in [-0.2, -0.15) is 0 Å². The van der Waals surface area contributed by atoms with Crippen LogP contribution in [0.5, 0.6) is 5.75 Å². The minimum absolute atomic E-state index is 0.107. The van der Waals surface area contributed by atoms with Crippen LogP contribution < -0.4 is 4.74 Å². The summed E-state index contributed by atoms with van der Waals surface area (Å²) in [6.07, 6.45) is 2.61. The summed E-state index contributed by atoms with van der Waals surface area (Å²) in [7, 11) is 0. The Balaban J connectivity index is 2.10. The Kier molecular flexibility index (Phi) is 5.27. The molecule has 2 atom stereocenters. The Hall–Kier alpha value is -1.51. The molecule has 2 rings (SSSR count). The number of carbonyl (C=O) groups is 1. The maximum absolute atomic E-state index is 11.9. The predicted octanol–water partition coefficient (Wildman–Crippen LogP) is 3.98. The molecule has 1 heterocycles. The molecule has 0 aliphatic carbocycles. The van der Waals surface area contributed by atoms with Gasteiger partial charge < -0.3 is 9.64 Å². The average Bonchev–Trinajstić information content (AvgIpc) is 2.48. The average molecular weight is 289 g/mol. The summed E-state index contributed by atoms with van der Waals surface area (Å²) in [6.45, 7) is 9.25. The zero-order valence-electron chi connectivity index (χ0n) is 13.6. The second-order valence-corrected chi connectivity index (χ2v) is 6.27.